The van der Waals surface area contributed by atoms with E-state index >= 15 is 0 Å². The van der Waals surface area contributed by atoms with Gasteiger partial charge in [0.2, 0.25) is 0 Å². The molecule has 2 atom stereocenters. The van der Waals surface area contributed by atoms with Crippen molar-refractivity contribution in [3.8, 4) is 0 Å². The number of hydrogen-bond acceptors (Lipinski definition) is 3. The summed E-state index contributed by atoms with van der Waals surface area (Å²) in [6.45, 7) is 2.67. The van der Waals surface area contributed by atoms with E-state index in [0.717, 1.165) is 10.9 Å². The van der Waals surface area contributed by atoms with E-state index in [0.29, 0.717) is 12.1 Å². The highest BCUT2D eigenvalue weighted by Gasteiger charge is 2.39. The zero-order chi connectivity index (χ0) is 11.6. The van der Waals surface area contributed by atoms with E-state index in [1.807, 2.05) is 18.7 Å². The highest BCUT2D eigenvalue weighted by Crippen LogP contribution is 2.37. The Labute approximate surface area is 104 Å². The van der Waals surface area contributed by atoms with E-state index in [9.17, 15) is 4.21 Å². The van der Waals surface area contributed by atoms with Crippen molar-refractivity contribution >= 4 is 27.7 Å². The molecule has 2 aliphatic rings. The average molecular weight is 260 g/mol. The normalized spacial score (nSPS) is 29.5. The molecule has 1 spiro atoms. The summed E-state index contributed by atoms with van der Waals surface area (Å²) in [4.78, 5) is 4.54. The lowest BCUT2D eigenvalue weighted by Gasteiger charge is -2.21. The second-order valence-electron chi connectivity index (χ2n) is 4.86. The first-order valence-corrected chi connectivity index (χ1v) is 8.50. The summed E-state index contributed by atoms with van der Waals surface area (Å²) >= 11 is 1.83. The fourth-order valence-corrected chi connectivity index (χ4v) is 3.74. The largest absolute Gasteiger partial charge is 0.359 e. The minimum atomic E-state index is -0.765. The highest BCUT2D eigenvalue weighted by molar-refractivity contribution is 8.14. The van der Waals surface area contributed by atoms with Gasteiger partial charge in [0.1, 0.15) is 0 Å². The lowest BCUT2D eigenvalue weighted by atomic mass is 10.0. The van der Waals surface area contributed by atoms with E-state index in [-0.39, 0.29) is 5.25 Å². The van der Waals surface area contributed by atoms with Gasteiger partial charge in [-0.2, -0.15) is 0 Å². The van der Waals surface area contributed by atoms with Gasteiger partial charge in [-0.3, -0.25) is 9.20 Å². The summed E-state index contributed by atoms with van der Waals surface area (Å²) in [5, 5.41) is 4.81. The molecule has 92 valence electrons. The molecule has 2 rings (SSSR count). The van der Waals surface area contributed by atoms with Crippen LogP contribution in [0.1, 0.15) is 32.6 Å². The Morgan fingerprint density at radius 2 is 2.25 bits per heavy atom. The number of thioether (sulfide) groups is 1. The summed E-state index contributed by atoms with van der Waals surface area (Å²) < 4.78 is 11.2. The molecule has 16 heavy (non-hydrogen) atoms. The molecule has 0 bridgehead atoms. The van der Waals surface area contributed by atoms with Gasteiger partial charge in [-0.15, -0.1) is 0 Å². The predicted octanol–water partition coefficient (Wildman–Crippen LogP) is 1.76. The van der Waals surface area contributed by atoms with E-state index < -0.39 is 10.8 Å². The van der Waals surface area contributed by atoms with E-state index in [1.54, 1.807) is 6.26 Å². The van der Waals surface area contributed by atoms with Crippen molar-refractivity contribution in [2.45, 2.75) is 43.4 Å². The van der Waals surface area contributed by atoms with Gasteiger partial charge in [0, 0.05) is 28.3 Å². The van der Waals surface area contributed by atoms with Crippen LogP contribution >= 0.6 is 11.8 Å². The molecule has 1 saturated carbocycles. The molecule has 2 fully saturated rings. The summed E-state index contributed by atoms with van der Waals surface area (Å²) in [7, 11) is -0.765. The Bertz CT molecular complexity index is 311. The van der Waals surface area contributed by atoms with Gasteiger partial charge in [-0.25, -0.2) is 0 Å². The van der Waals surface area contributed by atoms with Crippen LogP contribution in [0.15, 0.2) is 4.99 Å². The Kier molecular flexibility index (Phi) is 3.95. The van der Waals surface area contributed by atoms with Crippen molar-refractivity contribution in [3.05, 3.63) is 0 Å². The van der Waals surface area contributed by atoms with Crippen LogP contribution in [-0.4, -0.2) is 38.7 Å². The Hall–Kier alpha value is -0.0300. The minimum absolute atomic E-state index is 0.162. The minimum Gasteiger partial charge on any atom is -0.359 e. The molecule has 2 unspecified atom stereocenters. The first-order valence-electron chi connectivity index (χ1n) is 5.89. The third kappa shape index (κ3) is 2.80. The van der Waals surface area contributed by atoms with Gasteiger partial charge in [-0.1, -0.05) is 24.6 Å². The summed E-state index contributed by atoms with van der Waals surface area (Å²) in [5.41, 5.74) is 0.345. The molecule has 0 radical (unpaired) electrons. The van der Waals surface area contributed by atoms with Crippen molar-refractivity contribution < 1.29 is 4.21 Å². The average Bonchev–Trinajstić information content (AvgIpc) is 2.86. The van der Waals surface area contributed by atoms with Crippen LogP contribution in [0.3, 0.4) is 0 Å². The molecular formula is C11H20N2OS2. The maximum absolute atomic E-state index is 11.2. The molecule has 5 heteroatoms. The third-order valence-corrected chi connectivity index (χ3v) is 5.96. The summed E-state index contributed by atoms with van der Waals surface area (Å²) in [6, 6.07) is 0. The SMILES string of the molecule is CC(CN=C1NC2(CCCC2)CS1)S(C)=O. The number of amidine groups is 1. The van der Waals surface area contributed by atoms with Crippen LogP contribution in [0.2, 0.25) is 0 Å². The van der Waals surface area contributed by atoms with Crippen molar-refractivity contribution in [3.63, 3.8) is 0 Å². The molecule has 0 aromatic rings. The van der Waals surface area contributed by atoms with Crippen molar-refractivity contribution in [2.24, 2.45) is 4.99 Å². The Morgan fingerprint density at radius 3 is 2.88 bits per heavy atom. The number of nitrogens with one attached hydrogen (secondary N) is 1. The zero-order valence-corrected chi connectivity index (χ0v) is 11.6. The molecule has 0 amide bonds. The maximum Gasteiger partial charge on any atom is 0.157 e. The number of aliphatic imine (C=N–C) groups is 1. The molecule has 0 aromatic heterocycles. The first kappa shape index (κ1) is 12.4. The second-order valence-corrected chi connectivity index (χ2v) is 7.62. The molecule has 0 aromatic carbocycles. The Balaban J connectivity index is 1.88. The van der Waals surface area contributed by atoms with Gasteiger partial charge in [-0.05, 0) is 19.8 Å². The molecule has 1 saturated heterocycles. The van der Waals surface area contributed by atoms with E-state index in [2.05, 4.69) is 10.3 Å². The van der Waals surface area contributed by atoms with Gasteiger partial charge in [0.15, 0.2) is 5.17 Å². The monoisotopic (exact) mass is 260 g/mol. The van der Waals surface area contributed by atoms with Crippen LogP contribution < -0.4 is 5.32 Å². The molecule has 1 N–H and O–H groups in total. The van der Waals surface area contributed by atoms with Crippen molar-refractivity contribution in [1.82, 2.24) is 5.32 Å². The summed E-state index contributed by atoms with van der Waals surface area (Å²) in [5.74, 6) is 1.16. The second kappa shape index (κ2) is 5.08. The summed E-state index contributed by atoms with van der Waals surface area (Å²) in [6.07, 6.45) is 7.01. The van der Waals surface area contributed by atoms with Crippen LogP contribution in [-0.2, 0) is 10.8 Å². The third-order valence-electron chi connectivity index (χ3n) is 3.48. The predicted molar refractivity (Wildman–Crippen MR) is 72.6 cm³/mol. The molecule has 3 nitrogen and oxygen atoms in total. The van der Waals surface area contributed by atoms with Crippen LogP contribution in [0.5, 0.6) is 0 Å². The van der Waals surface area contributed by atoms with E-state index in [4.69, 9.17) is 0 Å². The van der Waals surface area contributed by atoms with Crippen molar-refractivity contribution in [1.29, 1.82) is 0 Å². The molecular weight excluding hydrogens is 240 g/mol. The standard InChI is InChI=1S/C11H20N2OS2/c1-9(16(2)14)7-12-10-13-11(8-15-10)5-3-4-6-11/h9H,3-8H2,1-2H3,(H,12,13). The van der Waals surface area contributed by atoms with Crippen LogP contribution in [0.4, 0.5) is 0 Å². The maximum atomic E-state index is 11.2. The number of nitrogens with zero attached hydrogens (tertiary/aromatic N) is 1. The van der Waals surface area contributed by atoms with Crippen molar-refractivity contribution in [2.75, 3.05) is 18.6 Å². The molecule has 1 aliphatic heterocycles. The number of hydrogen-bond donors (Lipinski definition) is 1. The topological polar surface area (TPSA) is 41.5 Å². The fraction of sp³-hybridized carbons (Fsp3) is 0.909. The zero-order valence-electron chi connectivity index (χ0n) is 9.99. The molecule has 1 aliphatic carbocycles. The smallest absolute Gasteiger partial charge is 0.157 e. The fourth-order valence-electron chi connectivity index (χ4n) is 2.23. The van der Waals surface area contributed by atoms with Crippen LogP contribution in [0.25, 0.3) is 0 Å². The van der Waals surface area contributed by atoms with Gasteiger partial charge in [0.25, 0.3) is 0 Å². The lowest BCUT2D eigenvalue weighted by Crippen LogP contribution is -2.40. The Morgan fingerprint density at radius 1 is 1.56 bits per heavy atom. The highest BCUT2D eigenvalue weighted by atomic mass is 32.2. The van der Waals surface area contributed by atoms with Gasteiger partial charge >= 0.3 is 0 Å². The van der Waals surface area contributed by atoms with Gasteiger partial charge < -0.3 is 5.32 Å². The van der Waals surface area contributed by atoms with Gasteiger partial charge in [0.05, 0.1) is 11.8 Å². The quantitative estimate of drug-likeness (QED) is 0.840. The first-order chi connectivity index (χ1) is 7.61. The molecule has 1 heterocycles. The van der Waals surface area contributed by atoms with E-state index in [1.165, 1.54) is 25.7 Å². The number of rotatable bonds is 3. The lowest BCUT2D eigenvalue weighted by molar-refractivity contribution is 0.452. The van der Waals surface area contributed by atoms with Crippen LogP contribution in [0, 0.1) is 0 Å².